The van der Waals surface area contributed by atoms with Crippen LogP contribution < -0.4 is 10.6 Å². The number of aromatic nitrogens is 3. The molecule has 0 saturated carbocycles. The molecule has 14 heavy (non-hydrogen) atoms. The number of nitrogens with zero attached hydrogens (tertiary/aromatic N) is 3. The Morgan fingerprint density at radius 3 is 3.14 bits per heavy atom. The van der Waals surface area contributed by atoms with Crippen LogP contribution in [0.3, 0.4) is 0 Å². The predicted molar refractivity (Wildman–Crippen MR) is 53.7 cm³/mol. The van der Waals surface area contributed by atoms with E-state index in [1.807, 2.05) is 11.6 Å². The van der Waals surface area contributed by atoms with Crippen LogP contribution in [0.2, 0.25) is 0 Å². The summed E-state index contributed by atoms with van der Waals surface area (Å²) in [6.45, 7) is 5.16. The van der Waals surface area contributed by atoms with Gasteiger partial charge >= 0.3 is 0 Å². The molecule has 1 unspecified atom stereocenters. The first-order chi connectivity index (χ1) is 6.70. The molecule has 1 aliphatic rings. The normalized spacial score (nSPS) is 27.0. The highest BCUT2D eigenvalue weighted by Crippen LogP contribution is 2.13. The van der Waals surface area contributed by atoms with Gasteiger partial charge in [-0.1, -0.05) is 0 Å². The average Bonchev–Trinajstić information content (AvgIpc) is 2.73. The Bertz CT molecular complexity index is 300. The minimum absolute atomic E-state index is 0.214. The molecular formula is C9H17N5. The van der Waals surface area contributed by atoms with Crippen LogP contribution in [0.1, 0.15) is 19.2 Å². The Morgan fingerprint density at radius 2 is 2.57 bits per heavy atom. The summed E-state index contributed by atoms with van der Waals surface area (Å²) in [7, 11) is 1.96. The lowest BCUT2D eigenvalue weighted by Gasteiger charge is -2.24. The zero-order valence-corrected chi connectivity index (χ0v) is 8.75. The van der Waals surface area contributed by atoms with Gasteiger partial charge in [0.15, 0.2) is 0 Å². The summed E-state index contributed by atoms with van der Waals surface area (Å²) in [5.74, 6) is 0.984. The predicted octanol–water partition coefficient (Wildman–Crippen LogP) is -0.343. The van der Waals surface area contributed by atoms with Gasteiger partial charge < -0.3 is 15.2 Å². The molecule has 1 aromatic heterocycles. The van der Waals surface area contributed by atoms with E-state index in [0.717, 1.165) is 25.5 Å². The van der Waals surface area contributed by atoms with Gasteiger partial charge in [0.1, 0.15) is 12.2 Å². The molecule has 0 amide bonds. The highest BCUT2D eigenvalue weighted by atomic mass is 15.3. The summed E-state index contributed by atoms with van der Waals surface area (Å²) in [6, 6.07) is 0. The molecule has 2 rings (SSSR count). The molecular weight excluding hydrogens is 178 g/mol. The largest absolute Gasteiger partial charge is 0.320 e. The molecule has 0 bridgehead atoms. The summed E-state index contributed by atoms with van der Waals surface area (Å²) in [4.78, 5) is 0. The molecule has 1 atom stereocenters. The van der Waals surface area contributed by atoms with E-state index in [-0.39, 0.29) is 5.54 Å². The topological polar surface area (TPSA) is 54.8 Å². The van der Waals surface area contributed by atoms with Gasteiger partial charge in [-0.15, -0.1) is 10.2 Å². The van der Waals surface area contributed by atoms with Crippen LogP contribution in [0.5, 0.6) is 0 Å². The highest BCUT2D eigenvalue weighted by molar-refractivity contribution is 4.94. The fourth-order valence-electron chi connectivity index (χ4n) is 1.73. The second-order valence-electron chi connectivity index (χ2n) is 4.20. The van der Waals surface area contributed by atoms with Crippen LogP contribution in [0.15, 0.2) is 6.33 Å². The smallest absolute Gasteiger partial charge is 0.146 e. The Labute approximate surface area is 83.9 Å². The van der Waals surface area contributed by atoms with Gasteiger partial charge in [-0.05, 0) is 19.9 Å². The van der Waals surface area contributed by atoms with Crippen molar-refractivity contribution in [2.45, 2.75) is 25.4 Å². The van der Waals surface area contributed by atoms with Crippen LogP contribution in [0.4, 0.5) is 0 Å². The van der Waals surface area contributed by atoms with Gasteiger partial charge in [-0.25, -0.2) is 0 Å². The number of nitrogens with one attached hydrogen (secondary N) is 2. The molecule has 1 saturated heterocycles. The second-order valence-corrected chi connectivity index (χ2v) is 4.20. The molecule has 0 aliphatic carbocycles. The fraction of sp³-hybridized carbons (Fsp3) is 0.778. The molecule has 2 heterocycles. The van der Waals surface area contributed by atoms with E-state index in [9.17, 15) is 0 Å². The Kier molecular flexibility index (Phi) is 2.52. The number of rotatable bonds is 3. The summed E-state index contributed by atoms with van der Waals surface area (Å²) in [5, 5.41) is 14.8. The van der Waals surface area contributed by atoms with E-state index in [1.165, 1.54) is 6.42 Å². The van der Waals surface area contributed by atoms with Gasteiger partial charge in [-0.3, -0.25) is 0 Å². The van der Waals surface area contributed by atoms with E-state index < -0.39 is 0 Å². The molecule has 0 spiro atoms. The molecule has 5 nitrogen and oxygen atoms in total. The van der Waals surface area contributed by atoms with Crippen molar-refractivity contribution < 1.29 is 0 Å². The Morgan fingerprint density at radius 1 is 1.71 bits per heavy atom. The van der Waals surface area contributed by atoms with E-state index in [4.69, 9.17) is 0 Å². The molecule has 78 valence electrons. The van der Waals surface area contributed by atoms with Gasteiger partial charge in [-0.2, -0.15) is 0 Å². The summed E-state index contributed by atoms with van der Waals surface area (Å²) in [6.07, 6.45) is 2.90. The van der Waals surface area contributed by atoms with E-state index in [0.29, 0.717) is 0 Å². The maximum atomic E-state index is 4.04. The quantitative estimate of drug-likeness (QED) is 0.692. The number of aryl methyl sites for hydroxylation is 1. The van der Waals surface area contributed by atoms with Crippen molar-refractivity contribution in [1.29, 1.82) is 0 Å². The third-order valence-electron chi connectivity index (χ3n) is 2.85. The number of hydrogen-bond donors (Lipinski definition) is 2. The summed E-state index contributed by atoms with van der Waals surface area (Å²) < 4.78 is 1.94. The van der Waals surface area contributed by atoms with Crippen molar-refractivity contribution >= 4 is 0 Å². The SMILES string of the molecule is Cn1cnnc1CNC1(C)CCNC1. The van der Waals surface area contributed by atoms with Gasteiger partial charge in [0.2, 0.25) is 0 Å². The standard InChI is InChI=1S/C9H17N5/c1-9(3-4-10-6-9)11-5-8-13-12-7-14(8)2/h7,10-11H,3-6H2,1-2H3. The highest BCUT2D eigenvalue weighted by Gasteiger charge is 2.27. The zero-order chi connectivity index (χ0) is 10.0. The molecule has 2 N–H and O–H groups in total. The lowest BCUT2D eigenvalue weighted by atomic mass is 10.0. The van der Waals surface area contributed by atoms with E-state index in [2.05, 4.69) is 27.8 Å². The van der Waals surface area contributed by atoms with Gasteiger partial charge in [0.05, 0.1) is 6.54 Å². The van der Waals surface area contributed by atoms with Crippen molar-refractivity contribution in [3.05, 3.63) is 12.2 Å². The van der Waals surface area contributed by atoms with Crippen LogP contribution >= 0.6 is 0 Å². The van der Waals surface area contributed by atoms with Gasteiger partial charge in [0, 0.05) is 19.1 Å². The molecule has 1 aromatic rings. The molecule has 1 fully saturated rings. The van der Waals surface area contributed by atoms with Crippen molar-refractivity contribution in [2.75, 3.05) is 13.1 Å². The van der Waals surface area contributed by atoms with Crippen LogP contribution in [-0.4, -0.2) is 33.4 Å². The fourth-order valence-corrected chi connectivity index (χ4v) is 1.73. The Balaban J connectivity index is 1.91. The monoisotopic (exact) mass is 195 g/mol. The van der Waals surface area contributed by atoms with Crippen LogP contribution in [0.25, 0.3) is 0 Å². The third kappa shape index (κ3) is 1.93. The van der Waals surface area contributed by atoms with Crippen molar-refractivity contribution in [1.82, 2.24) is 25.4 Å². The zero-order valence-electron chi connectivity index (χ0n) is 8.75. The molecule has 1 aliphatic heterocycles. The Hall–Kier alpha value is -0.940. The van der Waals surface area contributed by atoms with Gasteiger partial charge in [0.25, 0.3) is 0 Å². The third-order valence-corrected chi connectivity index (χ3v) is 2.85. The molecule has 0 radical (unpaired) electrons. The minimum atomic E-state index is 0.214. The van der Waals surface area contributed by atoms with Crippen molar-refractivity contribution in [3.63, 3.8) is 0 Å². The van der Waals surface area contributed by atoms with E-state index >= 15 is 0 Å². The summed E-state index contributed by atoms with van der Waals surface area (Å²) in [5.41, 5.74) is 0.214. The van der Waals surface area contributed by atoms with Crippen LogP contribution in [0, 0.1) is 0 Å². The lowest BCUT2D eigenvalue weighted by Crippen LogP contribution is -2.43. The average molecular weight is 195 g/mol. The first-order valence-corrected chi connectivity index (χ1v) is 4.98. The van der Waals surface area contributed by atoms with Crippen molar-refractivity contribution in [3.8, 4) is 0 Å². The first kappa shape index (κ1) is 9.61. The minimum Gasteiger partial charge on any atom is -0.320 e. The van der Waals surface area contributed by atoms with Crippen molar-refractivity contribution in [2.24, 2.45) is 7.05 Å². The van der Waals surface area contributed by atoms with E-state index in [1.54, 1.807) is 6.33 Å². The van der Waals surface area contributed by atoms with Crippen LogP contribution in [-0.2, 0) is 13.6 Å². The maximum Gasteiger partial charge on any atom is 0.146 e. The first-order valence-electron chi connectivity index (χ1n) is 4.98. The lowest BCUT2D eigenvalue weighted by molar-refractivity contribution is 0.378. The second kappa shape index (κ2) is 3.67. The number of hydrogen-bond acceptors (Lipinski definition) is 4. The summed E-state index contributed by atoms with van der Waals surface area (Å²) >= 11 is 0. The maximum absolute atomic E-state index is 4.04. The molecule has 5 heteroatoms. The molecule has 0 aromatic carbocycles.